The van der Waals surface area contributed by atoms with Crippen LogP contribution in [0.25, 0.3) is 93.9 Å². The van der Waals surface area contributed by atoms with Crippen molar-refractivity contribution in [2.24, 2.45) is 0 Å². The zero-order valence-electron chi connectivity index (χ0n) is 42.2. The van der Waals surface area contributed by atoms with Gasteiger partial charge in [0.05, 0.1) is 96.4 Å². The van der Waals surface area contributed by atoms with Crippen molar-refractivity contribution >= 4 is 94.2 Å². The first-order valence-electron chi connectivity index (χ1n) is 26.8. The molecular formula is C71H42N6OS. The average Bonchev–Trinajstić information content (AvgIpc) is 4.42. The van der Waals surface area contributed by atoms with Crippen LogP contribution in [0.4, 0.5) is 17.1 Å². The van der Waals surface area contributed by atoms with Crippen molar-refractivity contribution in [3.05, 3.63) is 277 Å². The van der Waals surface area contributed by atoms with Crippen molar-refractivity contribution in [3.63, 3.8) is 0 Å². The van der Waals surface area contributed by atoms with Gasteiger partial charge in [-0.25, -0.2) is 0 Å². The molecular weight excluding hydrogens is 985 g/mol. The maximum atomic E-state index is 6.71. The Bertz CT molecular complexity index is 4770. The van der Waals surface area contributed by atoms with Crippen LogP contribution in [-0.2, 0) is 5.41 Å². The summed E-state index contributed by atoms with van der Waals surface area (Å²) in [7, 11) is 0. The van der Waals surface area contributed by atoms with Crippen LogP contribution in [-0.4, -0.2) is 23.7 Å². The molecule has 0 saturated carbocycles. The van der Waals surface area contributed by atoms with Gasteiger partial charge in [-0.1, -0.05) is 169 Å². The van der Waals surface area contributed by atoms with Crippen molar-refractivity contribution in [1.29, 1.82) is 0 Å². The number of aromatic nitrogens is 5. The normalized spacial score (nSPS) is 13.7. The standard InChI is InChI=1S/C71H42N6OS/c1-7-27-55-45(19-1)46-20-2-8-28-56(46)74(55)43-39-53-67(72-41-43)68-54(40-44(42-73-68)75-57-29-9-3-21-47(57)48-22-4-10-30-58(48)75)71(53)51-25-17-35-63(76-59-31-11-5-23-49(59)50-24-6-12-32-60(50)76)69(51)79-70-52(71)26-18-36-64(70)77-61-33-13-15-37-65(61)78-66-38-16-14-34-62(66)77/h1-42H. The van der Waals surface area contributed by atoms with Crippen molar-refractivity contribution in [1.82, 2.24) is 23.7 Å². The van der Waals surface area contributed by atoms with Crippen LogP contribution >= 0.6 is 11.8 Å². The number of benzene rings is 10. The van der Waals surface area contributed by atoms with E-state index >= 15 is 0 Å². The number of para-hydroxylation sites is 10. The molecule has 8 heteroatoms. The van der Waals surface area contributed by atoms with Gasteiger partial charge in [-0.3, -0.25) is 9.97 Å². The van der Waals surface area contributed by atoms with Crippen molar-refractivity contribution < 1.29 is 4.74 Å². The Hall–Kier alpha value is -10.2. The molecule has 0 bridgehead atoms. The van der Waals surface area contributed by atoms with Gasteiger partial charge >= 0.3 is 0 Å². The molecule has 15 aromatic rings. The molecule has 0 amide bonds. The average molecular weight is 1030 g/mol. The number of hydrogen-bond acceptors (Lipinski definition) is 5. The smallest absolute Gasteiger partial charge is 0.151 e. The quantitative estimate of drug-likeness (QED) is 0.176. The molecule has 0 atom stereocenters. The van der Waals surface area contributed by atoms with Gasteiger partial charge < -0.3 is 23.3 Å². The Morgan fingerprint density at radius 3 is 1.09 bits per heavy atom. The minimum atomic E-state index is -0.958. The fourth-order valence-electron chi connectivity index (χ4n) is 13.8. The van der Waals surface area contributed by atoms with E-state index in [-0.39, 0.29) is 0 Å². The second-order valence-electron chi connectivity index (χ2n) is 20.8. The van der Waals surface area contributed by atoms with Crippen LogP contribution in [0.5, 0.6) is 11.5 Å². The highest BCUT2D eigenvalue weighted by molar-refractivity contribution is 7.99. The lowest BCUT2D eigenvalue weighted by Crippen LogP contribution is -2.33. The molecule has 368 valence electrons. The summed E-state index contributed by atoms with van der Waals surface area (Å²) >= 11 is 1.86. The predicted molar refractivity (Wildman–Crippen MR) is 321 cm³/mol. The zero-order valence-corrected chi connectivity index (χ0v) is 43.1. The van der Waals surface area contributed by atoms with Crippen LogP contribution in [0.1, 0.15) is 22.3 Å². The molecule has 0 saturated heterocycles. The molecule has 18 rings (SSSR count). The number of anilines is 3. The summed E-state index contributed by atoms with van der Waals surface area (Å²) in [6.45, 7) is 0. The van der Waals surface area contributed by atoms with Gasteiger partial charge in [0.15, 0.2) is 11.5 Å². The van der Waals surface area contributed by atoms with Gasteiger partial charge in [0, 0.05) is 53.2 Å². The van der Waals surface area contributed by atoms with Gasteiger partial charge in [0.25, 0.3) is 0 Å². The highest BCUT2D eigenvalue weighted by Crippen LogP contribution is 2.66. The summed E-state index contributed by atoms with van der Waals surface area (Å²) < 4.78 is 14.0. The van der Waals surface area contributed by atoms with E-state index in [1.807, 2.05) is 11.8 Å². The first-order chi connectivity index (χ1) is 39.2. The lowest BCUT2D eigenvalue weighted by Gasteiger charge is -2.42. The Labute approximate surface area is 457 Å². The lowest BCUT2D eigenvalue weighted by atomic mass is 9.67. The van der Waals surface area contributed by atoms with E-state index in [0.29, 0.717) is 0 Å². The maximum absolute atomic E-state index is 6.71. The molecule has 0 fully saturated rings. The maximum Gasteiger partial charge on any atom is 0.151 e. The molecule has 7 heterocycles. The zero-order chi connectivity index (χ0) is 51.5. The van der Waals surface area contributed by atoms with Crippen LogP contribution < -0.4 is 9.64 Å². The third kappa shape index (κ3) is 5.67. The molecule has 0 radical (unpaired) electrons. The molecule has 7 nitrogen and oxygen atoms in total. The summed E-state index contributed by atoms with van der Waals surface area (Å²) in [5.74, 6) is 1.61. The van der Waals surface area contributed by atoms with E-state index in [0.717, 1.165) is 117 Å². The van der Waals surface area contributed by atoms with E-state index in [9.17, 15) is 0 Å². The van der Waals surface area contributed by atoms with Crippen LogP contribution in [0.3, 0.4) is 0 Å². The molecule has 0 unspecified atom stereocenters. The van der Waals surface area contributed by atoms with E-state index < -0.39 is 5.41 Å². The first kappa shape index (κ1) is 43.0. The molecule has 3 aliphatic rings. The largest absolute Gasteiger partial charge is 0.453 e. The summed E-state index contributed by atoms with van der Waals surface area (Å²) in [5, 5.41) is 7.22. The highest BCUT2D eigenvalue weighted by Gasteiger charge is 2.54. The van der Waals surface area contributed by atoms with Gasteiger partial charge in [0.2, 0.25) is 0 Å². The highest BCUT2D eigenvalue weighted by atomic mass is 32.2. The Morgan fingerprint density at radius 1 is 0.316 bits per heavy atom. The monoisotopic (exact) mass is 1030 g/mol. The van der Waals surface area contributed by atoms with Crippen molar-refractivity contribution in [3.8, 4) is 39.9 Å². The van der Waals surface area contributed by atoms with E-state index in [4.69, 9.17) is 14.7 Å². The number of nitrogens with zero attached hydrogens (tertiary/aromatic N) is 6. The number of fused-ring (bicyclic) bond motifs is 20. The van der Waals surface area contributed by atoms with E-state index in [1.54, 1.807) is 0 Å². The number of ether oxygens (including phenoxy) is 1. The minimum Gasteiger partial charge on any atom is -0.453 e. The second-order valence-corrected chi connectivity index (χ2v) is 21.8. The summed E-state index contributed by atoms with van der Waals surface area (Å²) in [4.78, 5) is 16.0. The molecule has 1 spiro atoms. The fraction of sp³-hybridized carbons (Fsp3) is 0.0141. The Morgan fingerprint density at radius 2 is 0.658 bits per heavy atom. The third-order valence-electron chi connectivity index (χ3n) is 17.0. The summed E-state index contributed by atoms with van der Waals surface area (Å²) in [6.07, 6.45) is 4.13. The first-order valence-corrected chi connectivity index (χ1v) is 27.6. The van der Waals surface area contributed by atoms with Gasteiger partial charge in [-0.2, -0.15) is 0 Å². The van der Waals surface area contributed by atoms with Crippen LogP contribution in [0.15, 0.2) is 265 Å². The molecule has 79 heavy (non-hydrogen) atoms. The second kappa shape index (κ2) is 16.0. The summed E-state index contributed by atoms with van der Waals surface area (Å²) in [5.41, 5.74) is 18.2. The molecule has 5 aromatic heterocycles. The van der Waals surface area contributed by atoms with E-state index in [1.165, 1.54) is 37.9 Å². The van der Waals surface area contributed by atoms with Gasteiger partial charge in [0.1, 0.15) is 0 Å². The number of hydrogen-bond donors (Lipinski definition) is 0. The fourth-order valence-corrected chi connectivity index (χ4v) is 15.2. The molecule has 1 aliphatic carbocycles. The molecule has 2 aliphatic heterocycles. The Kier molecular flexibility index (Phi) is 8.69. The van der Waals surface area contributed by atoms with Gasteiger partial charge in [-0.15, -0.1) is 0 Å². The molecule has 0 N–H and O–H groups in total. The van der Waals surface area contributed by atoms with E-state index in [2.05, 4.69) is 274 Å². The third-order valence-corrected chi connectivity index (χ3v) is 18.2. The summed E-state index contributed by atoms with van der Waals surface area (Å²) in [6, 6.07) is 88.2. The minimum absolute atomic E-state index is 0.803. The van der Waals surface area contributed by atoms with Gasteiger partial charge in [-0.05, 0) is 96.1 Å². The topological polar surface area (TPSA) is 53.0 Å². The Balaban J connectivity index is 1.01. The van der Waals surface area contributed by atoms with Crippen molar-refractivity contribution in [2.75, 3.05) is 4.90 Å². The van der Waals surface area contributed by atoms with Crippen molar-refractivity contribution in [2.45, 2.75) is 15.2 Å². The lowest BCUT2D eigenvalue weighted by molar-refractivity contribution is 0.477. The SMILES string of the molecule is c1ccc2c(c1)Oc1ccccc1N2c1cccc2c1Sc1c(-n3c4ccccc4c4ccccc43)cccc1C21c2cc(-n3c4ccccc4c4ccccc43)cnc2-c2ncc(-n3c4ccccc4c4ccccc43)cc21. The number of pyridine rings is 2. The predicted octanol–water partition coefficient (Wildman–Crippen LogP) is 18.2. The van der Waals surface area contributed by atoms with Crippen LogP contribution in [0.2, 0.25) is 0 Å². The molecule has 10 aromatic carbocycles. The van der Waals surface area contributed by atoms with Crippen LogP contribution in [0, 0.1) is 0 Å². The number of rotatable bonds is 4.